The van der Waals surface area contributed by atoms with Crippen molar-refractivity contribution in [3.63, 3.8) is 0 Å². The number of hydrogen-bond acceptors (Lipinski definition) is 5. The van der Waals surface area contributed by atoms with Gasteiger partial charge in [0.2, 0.25) is 0 Å². The van der Waals surface area contributed by atoms with E-state index >= 15 is 0 Å². The second kappa shape index (κ2) is 2.37. The van der Waals surface area contributed by atoms with Gasteiger partial charge in [-0.3, -0.25) is 9.79 Å². The summed E-state index contributed by atoms with van der Waals surface area (Å²) in [5.74, 6) is -0.340. The summed E-state index contributed by atoms with van der Waals surface area (Å²) in [6.45, 7) is 0. The minimum atomic E-state index is -4.52. The van der Waals surface area contributed by atoms with Gasteiger partial charge in [-0.1, -0.05) is 5.10 Å². The molecule has 8 heteroatoms. The van der Waals surface area contributed by atoms with Crippen LogP contribution in [0.15, 0.2) is 10.8 Å². The van der Waals surface area contributed by atoms with Crippen molar-refractivity contribution in [2.45, 2.75) is 0 Å². The molecule has 0 bridgehead atoms. The standard InChI is InChI=1S/C2H3N2O5P/c5-10(6,7)9-2-1-8-4-3-2/h1H,(H2,5,6,7). The third-order valence-corrected chi connectivity index (χ3v) is 0.977. The molecule has 0 aliphatic carbocycles. The minimum Gasteiger partial charge on any atom is -0.380 e. The van der Waals surface area contributed by atoms with Crippen molar-refractivity contribution in [3.8, 4) is 5.88 Å². The fraction of sp³-hybridized carbons (Fsp3) is 0. The van der Waals surface area contributed by atoms with Crippen LogP contribution in [0.1, 0.15) is 0 Å². The average Bonchev–Trinajstić information content (AvgIpc) is 2.12. The van der Waals surface area contributed by atoms with Crippen LogP contribution in [-0.4, -0.2) is 20.2 Å². The van der Waals surface area contributed by atoms with E-state index in [1.807, 2.05) is 0 Å². The number of phosphoric ester groups is 1. The molecule has 1 heterocycles. The summed E-state index contributed by atoms with van der Waals surface area (Å²) in [5, 5.41) is 5.98. The molecule has 0 saturated carbocycles. The van der Waals surface area contributed by atoms with Gasteiger partial charge in [0.25, 0.3) is 5.88 Å². The van der Waals surface area contributed by atoms with Crippen LogP contribution >= 0.6 is 7.82 Å². The molecule has 0 saturated heterocycles. The monoisotopic (exact) mass is 166 g/mol. The number of phosphoric acid groups is 1. The molecule has 7 nitrogen and oxygen atoms in total. The lowest BCUT2D eigenvalue weighted by Crippen LogP contribution is -1.89. The maximum atomic E-state index is 10.1. The molecule has 1 rings (SSSR count). The zero-order valence-electron chi connectivity index (χ0n) is 4.54. The molecule has 1 aromatic rings. The molecule has 0 aromatic carbocycles. The molecule has 0 atom stereocenters. The maximum Gasteiger partial charge on any atom is 0.526 e. The SMILES string of the molecule is O=P(O)(O)Oc1conn1. The highest BCUT2D eigenvalue weighted by Crippen LogP contribution is 2.35. The van der Waals surface area contributed by atoms with Crippen LogP contribution in [0.2, 0.25) is 0 Å². The molecular formula is C2H3N2O5P. The Morgan fingerprint density at radius 3 is 2.80 bits per heavy atom. The second-order valence-corrected chi connectivity index (χ2v) is 2.49. The highest BCUT2D eigenvalue weighted by Gasteiger charge is 2.17. The Hall–Kier alpha value is -0.910. The van der Waals surface area contributed by atoms with Gasteiger partial charge >= 0.3 is 7.82 Å². The predicted octanol–water partition coefficient (Wildman–Crippen LogP) is -0.459. The Balaban J connectivity index is 2.66. The van der Waals surface area contributed by atoms with E-state index in [1.165, 1.54) is 0 Å². The van der Waals surface area contributed by atoms with Crippen molar-refractivity contribution in [2.75, 3.05) is 0 Å². The van der Waals surface area contributed by atoms with Crippen LogP contribution in [0.3, 0.4) is 0 Å². The first-order valence-electron chi connectivity index (χ1n) is 2.10. The van der Waals surface area contributed by atoms with E-state index in [4.69, 9.17) is 9.79 Å². The summed E-state index contributed by atoms with van der Waals surface area (Å²) < 4.78 is 18.1. The Morgan fingerprint density at radius 1 is 1.70 bits per heavy atom. The number of aromatic nitrogens is 2. The number of hydrogen-bond donors (Lipinski definition) is 2. The van der Waals surface area contributed by atoms with Gasteiger partial charge in [0.05, 0.1) is 0 Å². The van der Waals surface area contributed by atoms with Crippen LogP contribution in [0.25, 0.3) is 0 Å². The molecule has 0 spiro atoms. The smallest absolute Gasteiger partial charge is 0.380 e. The van der Waals surface area contributed by atoms with Crippen molar-refractivity contribution in [2.24, 2.45) is 0 Å². The molecule has 0 aliphatic rings. The quantitative estimate of drug-likeness (QED) is 0.572. The Bertz CT molecular complexity index is 238. The van der Waals surface area contributed by atoms with E-state index in [2.05, 4.69) is 19.4 Å². The minimum absolute atomic E-state index is 0.340. The maximum absolute atomic E-state index is 10.1. The average molecular weight is 166 g/mol. The fourth-order valence-corrected chi connectivity index (χ4v) is 0.641. The molecular weight excluding hydrogens is 163 g/mol. The van der Waals surface area contributed by atoms with Gasteiger partial charge in [0, 0.05) is 5.27 Å². The lowest BCUT2D eigenvalue weighted by atomic mass is 10.9. The van der Waals surface area contributed by atoms with E-state index in [1.54, 1.807) is 0 Å². The van der Waals surface area contributed by atoms with Gasteiger partial charge in [-0.05, 0) is 0 Å². The van der Waals surface area contributed by atoms with Crippen LogP contribution in [0.5, 0.6) is 5.88 Å². The van der Waals surface area contributed by atoms with Gasteiger partial charge in [-0.2, -0.15) is 0 Å². The predicted molar refractivity (Wildman–Crippen MR) is 27.0 cm³/mol. The summed E-state index contributed by atoms with van der Waals surface area (Å²) in [6.07, 6.45) is 0.874. The molecule has 10 heavy (non-hydrogen) atoms. The van der Waals surface area contributed by atoms with Crippen molar-refractivity contribution >= 4 is 7.82 Å². The van der Waals surface area contributed by atoms with Crippen molar-refractivity contribution in [3.05, 3.63) is 6.26 Å². The third-order valence-electron chi connectivity index (χ3n) is 0.552. The van der Waals surface area contributed by atoms with Crippen LogP contribution in [-0.2, 0) is 4.57 Å². The number of nitrogens with zero attached hydrogens (tertiary/aromatic N) is 2. The first kappa shape index (κ1) is 7.20. The molecule has 0 radical (unpaired) electrons. The van der Waals surface area contributed by atoms with E-state index in [9.17, 15) is 4.57 Å². The Labute approximate surface area is 54.8 Å². The summed E-state index contributed by atoms with van der Waals surface area (Å²) in [7, 11) is -4.52. The molecule has 2 N–H and O–H groups in total. The van der Waals surface area contributed by atoms with E-state index < -0.39 is 7.82 Å². The zero-order chi connectivity index (χ0) is 7.61. The molecule has 0 unspecified atom stereocenters. The molecule has 0 fully saturated rings. The summed E-state index contributed by atoms with van der Waals surface area (Å²) in [5.41, 5.74) is 0. The van der Waals surface area contributed by atoms with E-state index in [0.29, 0.717) is 0 Å². The van der Waals surface area contributed by atoms with Gasteiger partial charge in [-0.15, -0.1) is 0 Å². The first-order valence-corrected chi connectivity index (χ1v) is 3.63. The van der Waals surface area contributed by atoms with Crippen LogP contribution < -0.4 is 4.52 Å². The highest BCUT2D eigenvalue weighted by molar-refractivity contribution is 7.46. The molecule has 56 valence electrons. The van der Waals surface area contributed by atoms with Gasteiger partial charge in [-0.25, -0.2) is 4.57 Å². The molecule has 0 amide bonds. The second-order valence-electron chi connectivity index (χ2n) is 1.33. The van der Waals surface area contributed by atoms with Crippen molar-refractivity contribution in [1.29, 1.82) is 0 Å². The topological polar surface area (TPSA) is 106 Å². The fourth-order valence-electron chi connectivity index (χ4n) is 0.318. The molecule has 0 aliphatic heterocycles. The van der Waals surface area contributed by atoms with Crippen molar-refractivity contribution < 1.29 is 23.4 Å². The number of rotatable bonds is 2. The lowest BCUT2D eigenvalue weighted by molar-refractivity contribution is 0.279. The zero-order valence-corrected chi connectivity index (χ0v) is 5.43. The van der Waals surface area contributed by atoms with Crippen LogP contribution in [0.4, 0.5) is 0 Å². The van der Waals surface area contributed by atoms with Gasteiger partial charge in [0.15, 0.2) is 6.26 Å². The van der Waals surface area contributed by atoms with Gasteiger partial charge in [0.1, 0.15) is 0 Å². The summed E-state index contributed by atoms with van der Waals surface area (Å²) >= 11 is 0. The molecule has 1 aromatic heterocycles. The summed E-state index contributed by atoms with van der Waals surface area (Å²) in [6, 6.07) is 0. The largest absolute Gasteiger partial charge is 0.526 e. The third kappa shape index (κ3) is 2.14. The first-order chi connectivity index (χ1) is 4.58. The Morgan fingerprint density at radius 2 is 2.40 bits per heavy atom. The van der Waals surface area contributed by atoms with E-state index in [-0.39, 0.29) is 5.88 Å². The Kier molecular flexibility index (Phi) is 1.71. The lowest BCUT2D eigenvalue weighted by Gasteiger charge is -1.99. The van der Waals surface area contributed by atoms with E-state index in [0.717, 1.165) is 6.26 Å². The highest BCUT2D eigenvalue weighted by atomic mass is 31.2. The normalized spacial score (nSPS) is 11.4. The van der Waals surface area contributed by atoms with Crippen molar-refractivity contribution in [1.82, 2.24) is 10.4 Å². The van der Waals surface area contributed by atoms with Gasteiger partial charge < -0.3 is 9.05 Å². The van der Waals surface area contributed by atoms with Crippen LogP contribution in [0, 0.1) is 0 Å². The summed E-state index contributed by atoms with van der Waals surface area (Å²) in [4.78, 5) is 16.3.